The lowest BCUT2D eigenvalue weighted by Gasteiger charge is -2.19. The molecule has 1 fully saturated rings. The zero-order chi connectivity index (χ0) is 22.2. The minimum absolute atomic E-state index is 0.0205. The molecule has 1 N–H and O–H groups in total. The van der Waals surface area contributed by atoms with E-state index in [1.165, 1.54) is 11.0 Å². The zero-order valence-electron chi connectivity index (χ0n) is 17.6. The molecule has 0 spiro atoms. The van der Waals surface area contributed by atoms with E-state index in [9.17, 15) is 14.9 Å². The van der Waals surface area contributed by atoms with E-state index in [4.69, 9.17) is 0 Å². The van der Waals surface area contributed by atoms with Crippen LogP contribution in [0.25, 0.3) is 0 Å². The van der Waals surface area contributed by atoms with Crippen LogP contribution in [-0.2, 0) is 17.9 Å². The van der Waals surface area contributed by atoms with E-state index in [1.807, 2.05) is 22.9 Å². The van der Waals surface area contributed by atoms with Crippen LogP contribution in [0.4, 0.5) is 5.82 Å². The minimum Gasteiger partial charge on any atom is -0.337 e. The number of nitrogens with zero attached hydrogens (tertiary/aromatic N) is 7. The average Bonchev–Trinajstić information content (AvgIpc) is 3.42. The summed E-state index contributed by atoms with van der Waals surface area (Å²) in [5.74, 6) is 0.541. The van der Waals surface area contributed by atoms with Crippen molar-refractivity contribution < 1.29 is 9.59 Å². The van der Waals surface area contributed by atoms with Crippen LogP contribution in [-0.4, -0.2) is 49.4 Å². The van der Waals surface area contributed by atoms with Gasteiger partial charge in [-0.25, -0.2) is 14.3 Å². The summed E-state index contributed by atoms with van der Waals surface area (Å²) in [4.78, 5) is 31.4. The predicted molar refractivity (Wildman–Crippen MR) is 114 cm³/mol. The first-order valence-corrected chi connectivity index (χ1v) is 10.6. The van der Waals surface area contributed by atoms with Crippen molar-refractivity contribution in [3.63, 3.8) is 0 Å². The summed E-state index contributed by atoms with van der Waals surface area (Å²) in [6.07, 6.45) is 4.17. The van der Waals surface area contributed by atoms with E-state index >= 15 is 0 Å². The molecular weight excluding hydrogens is 408 g/mol. The van der Waals surface area contributed by atoms with Crippen LogP contribution in [0.3, 0.4) is 0 Å². The molecular formula is C22H22N8O2. The minimum atomic E-state index is -0.690. The summed E-state index contributed by atoms with van der Waals surface area (Å²) in [5.41, 5.74) is 2.37. The molecule has 0 saturated heterocycles. The number of carbonyl (C=O) groups excluding carboxylic acids is 2. The summed E-state index contributed by atoms with van der Waals surface area (Å²) in [6, 6.07) is 10.6. The number of likely N-dealkylation sites (N-methyl/N-ethyl adjacent to an activating group) is 1. The van der Waals surface area contributed by atoms with Crippen LogP contribution in [0.2, 0.25) is 0 Å². The second-order valence-corrected chi connectivity index (χ2v) is 8.17. The SMILES string of the molecule is CN1C(=O)[C@@H](NC(=O)c2ncn(Cc3ccccc3C#N)n2)CCn2nc(C3CC3)cc21. The molecule has 1 aliphatic heterocycles. The summed E-state index contributed by atoms with van der Waals surface area (Å²) in [5, 5.41) is 20.9. The number of nitrogens with one attached hydrogen (secondary N) is 1. The highest BCUT2D eigenvalue weighted by atomic mass is 16.2. The lowest BCUT2D eigenvalue weighted by atomic mass is 10.1. The highest BCUT2D eigenvalue weighted by Crippen LogP contribution is 2.40. The fourth-order valence-corrected chi connectivity index (χ4v) is 3.93. The normalized spacial score (nSPS) is 18.1. The monoisotopic (exact) mass is 430 g/mol. The number of aromatic nitrogens is 5. The van der Waals surface area contributed by atoms with Gasteiger partial charge >= 0.3 is 0 Å². The molecule has 3 aromatic rings. The molecule has 10 heteroatoms. The van der Waals surface area contributed by atoms with Crippen LogP contribution in [0.15, 0.2) is 36.7 Å². The third kappa shape index (κ3) is 3.73. The number of hydrogen-bond acceptors (Lipinski definition) is 6. The van der Waals surface area contributed by atoms with Crippen LogP contribution in [0.5, 0.6) is 0 Å². The number of nitriles is 1. The number of amides is 2. The van der Waals surface area contributed by atoms with Crippen molar-refractivity contribution in [2.24, 2.45) is 0 Å². The van der Waals surface area contributed by atoms with Gasteiger partial charge in [-0.05, 0) is 30.9 Å². The smallest absolute Gasteiger partial charge is 0.291 e. The standard InChI is InChI=1S/C22H22N8O2/c1-28-19-10-18(14-6-7-14)26-30(19)9-8-17(22(28)32)25-21(31)20-24-13-29(27-20)12-16-5-3-2-4-15(16)11-23/h2-5,10,13-14,17H,6-9,12H2,1H3,(H,25,31)/t17-/m0/s1. The lowest BCUT2D eigenvalue weighted by Crippen LogP contribution is -2.47. The molecule has 162 valence electrons. The number of aryl methyl sites for hydroxylation is 1. The lowest BCUT2D eigenvalue weighted by molar-refractivity contribution is -0.120. The van der Waals surface area contributed by atoms with Crippen molar-refractivity contribution in [1.82, 2.24) is 29.9 Å². The Morgan fingerprint density at radius 1 is 1.25 bits per heavy atom. The molecule has 2 aromatic heterocycles. The quantitative estimate of drug-likeness (QED) is 0.654. The Morgan fingerprint density at radius 3 is 2.84 bits per heavy atom. The average molecular weight is 430 g/mol. The number of fused-ring (bicyclic) bond motifs is 1. The fourth-order valence-electron chi connectivity index (χ4n) is 3.93. The summed E-state index contributed by atoms with van der Waals surface area (Å²) >= 11 is 0. The summed E-state index contributed by atoms with van der Waals surface area (Å²) < 4.78 is 3.35. The Hall–Kier alpha value is -4.00. The summed E-state index contributed by atoms with van der Waals surface area (Å²) in [6.45, 7) is 0.857. The molecule has 0 bridgehead atoms. The first-order chi connectivity index (χ1) is 15.5. The topological polar surface area (TPSA) is 122 Å². The highest BCUT2D eigenvalue weighted by Gasteiger charge is 2.34. The Labute approximate surface area is 184 Å². The van der Waals surface area contributed by atoms with Crippen molar-refractivity contribution in [1.29, 1.82) is 5.26 Å². The van der Waals surface area contributed by atoms with Gasteiger partial charge in [0.15, 0.2) is 0 Å². The maximum atomic E-state index is 13.0. The maximum absolute atomic E-state index is 13.0. The van der Waals surface area contributed by atoms with Gasteiger partial charge in [0.1, 0.15) is 18.2 Å². The van der Waals surface area contributed by atoms with E-state index in [0.717, 1.165) is 29.9 Å². The van der Waals surface area contributed by atoms with Crippen molar-refractivity contribution in [3.8, 4) is 6.07 Å². The Kier molecular flexibility index (Phi) is 4.93. The van der Waals surface area contributed by atoms with E-state index in [1.54, 1.807) is 24.1 Å². The van der Waals surface area contributed by atoms with Crippen molar-refractivity contribution in [2.75, 3.05) is 11.9 Å². The van der Waals surface area contributed by atoms with Crippen LogP contribution < -0.4 is 10.2 Å². The second kappa shape index (κ2) is 7.92. The number of anilines is 1. The van der Waals surface area contributed by atoms with Gasteiger partial charge in [0, 0.05) is 25.6 Å². The molecule has 2 amide bonds. The fraction of sp³-hybridized carbons (Fsp3) is 0.364. The van der Waals surface area contributed by atoms with Crippen molar-refractivity contribution in [2.45, 2.75) is 44.3 Å². The number of hydrogen-bond donors (Lipinski definition) is 1. The predicted octanol–water partition coefficient (Wildman–Crippen LogP) is 1.44. The number of benzene rings is 1. The van der Waals surface area contributed by atoms with Crippen LogP contribution >= 0.6 is 0 Å². The number of rotatable bonds is 5. The van der Waals surface area contributed by atoms with Gasteiger partial charge in [0.25, 0.3) is 11.8 Å². The van der Waals surface area contributed by atoms with E-state index in [0.29, 0.717) is 31.0 Å². The van der Waals surface area contributed by atoms with Crippen LogP contribution in [0.1, 0.15) is 52.6 Å². The van der Waals surface area contributed by atoms with Gasteiger partial charge in [0.05, 0.1) is 23.9 Å². The molecule has 1 aliphatic carbocycles. The Bertz CT molecular complexity index is 1230. The van der Waals surface area contributed by atoms with Gasteiger partial charge in [-0.2, -0.15) is 10.4 Å². The molecule has 0 radical (unpaired) electrons. The zero-order valence-corrected chi connectivity index (χ0v) is 17.6. The van der Waals surface area contributed by atoms with Crippen molar-refractivity contribution in [3.05, 3.63) is 59.3 Å². The first-order valence-electron chi connectivity index (χ1n) is 10.6. The molecule has 32 heavy (non-hydrogen) atoms. The molecule has 1 aromatic carbocycles. The van der Waals surface area contributed by atoms with Crippen molar-refractivity contribution >= 4 is 17.6 Å². The first kappa shape index (κ1) is 19.9. The Balaban J connectivity index is 1.26. The van der Waals surface area contributed by atoms with Gasteiger partial charge in [0.2, 0.25) is 5.82 Å². The largest absolute Gasteiger partial charge is 0.337 e. The van der Waals surface area contributed by atoms with Gasteiger partial charge in [-0.1, -0.05) is 18.2 Å². The molecule has 3 heterocycles. The van der Waals surface area contributed by atoms with E-state index in [2.05, 4.69) is 26.6 Å². The van der Waals surface area contributed by atoms with E-state index in [-0.39, 0.29) is 11.7 Å². The highest BCUT2D eigenvalue weighted by molar-refractivity contribution is 6.00. The van der Waals surface area contributed by atoms with Gasteiger partial charge < -0.3 is 5.32 Å². The second-order valence-electron chi connectivity index (χ2n) is 8.17. The maximum Gasteiger partial charge on any atom is 0.291 e. The third-order valence-corrected chi connectivity index (χ3v) is 5.89. The molecule has 1 saturated carbocycles. The van der Waals surface area contributed by atoms with Crippen LogP contribution in [0, 0.1) is 11.3 Å². The van der Waals surface area contributed by atoms with Gasteiger partial charge in [-0.3, -0.25) is 14.5 Å². The Morgan fingerprint density at radius 2 is 2.06 bits per heavy atom. The molecule has 5 rings (SSSR count). The van der Waals surface area contributed by atoms with E-state index < -0.39 is 11.9 Å². The molecule has 1 atom stereocenters. The molecule has 0 unspecified atom stereocenters. The number of carbonyl (C=O) groups is 2. The third-order valence-electron chi connectivity index (χ3n) is 5.89. The van der Waals surface area contributed by atoms with Gasteiger partial charge in [-0.15, -0.1) is 5.10 Å². The molecule has 2 aliphatic rings. The molecule has 10 nitrogen and oxygen atoms in total. The summed E-state index contributed by atoms with van der Waals surface area (Å²) in [7, 11) is 1.70.